The van der Waals surface area contributed by atoms with Crippen LogP contribution in [0.2, 0.25) is 0 Å². The zero-order valence-corrected chi connectivity index (χ0v) is 15.9. The molecule has 1 aliphatic carbocycles. The van der Waals surface area contributed by atoms with Crippen molar-refractivity contribution in [3.05, 3.63) is 18.5 Å². The highest BCUT2D eigenvalue weighted by Crippen LogP contribution is 2.26. The van der Waals surface area contributed by atoms with Crippen molar-refractivity contribution in [1.29, 1.82) is 0 Å². The standard InChI is InChI=1S/C19H32N6O/c1-20-19(21-10-5-12-25-13-6-11-22-25)23-17-9-14-24(15-17)18(26)16-7-3-2-4-8-16/h6,11,13,16-17H,2-5,7-10,12,14-15H2,1H3,(H2,20,21,23). The topological polar surface area (TPSA) is 74.6 Å². The molecule has 7 nitrogen and oxygen atoms in total. The normalized spacial score (nSPS) is 21.8. The molecule has 0 aromatic carbocycles. The molecule has 1 unspecified atom stereocenters. The Kier molecular flexibility index (Phi) is 6.91. The third-order valence-electron chi connectivity index (χ3n) is 5.43. The van der Waals surface area contributed by atoms with Gasteiger partial charge in [-0.25, -0.2) is 0 Å². The van der Waals surface area contributed by atoms with E-state index in [0.717, 1.165) is 57.8 Å². The number of likely N-dealkylation sites (tertiary alicyclic amines) is 1. The quantitative estimate of drug-likeness (QED) is 0.459. The molecule has 1 saturated carbocycles. The average molecular weight is 361 g/mol. The van der Waals surface area contributed by atoms with Gasteiger partial charge in [0.1, 0.15) is 0 Å². The van der Waals surface area contributed by atoms with Crippen LogP contribution in [0.25, 0.3) is 0 Å². The van der Waals surface area contributed by atoms with Crippen molar-refractivity contribution in [2.24, 2.45) is 10.9 Å². The van der Waals surface area contributed by atoms with Gasteiger partial charge in [0, 0.05) is 57.6 Å². The largest absolute Gasteiger partial charge is 0.356 e. The second-order valence-electron chi connectivity index (χ2n) is 7.37. The highest BCUT2D eigenvalue weighted by molar-refractivity contribution is 5.81. The zero-order chi connectivity index (χ0) is 18.2. The molecule has 1 aliphatic heterocycles. The summed E-state index contributed by atoms with van der Waals surface area (Å²) in [6.45, 7) is 3.40. The van der Waals surface area contributed by atoms with Gasteiger partial charge in [0.25, 0.3) is 0 Å². The zero-order valence-electron chi connectivity index (χ0n) is 15.9. The van der Waals surface area contributed by atoms with Crippen LogP contribution in [0.15, 0.2) is 23.5 Å². The Hall–Kier alpha value is -2.05. The second-order valence-corrected chi connectivity index (χ2v) is 7.37. The maximum absolute atomic E-state index is 12.7. The molecule has 1 saturated heterocycles. The summed E-state index contributed by atoms with van der Waals surface area (Å²) in [4.78, 5) is 19.0. The number of aryl methyl sites for hydroxylation is 1. The van der Waals surface area contributed by atoms with Crippen LogP contribution in [-0.4, -0.2) is 59.3 Å². The molecule has 26 heavy (non-hydrogen) atoms. The highest BCUT2D eigenvalue weighted by Gasteiger charge is 2.31. The van der Waals surface area contributed by atoms with Crippen molar-refractivity contribution in [2.75, 3.05) is 26.7 Å². The van der Waals surface area contributed by atoms with E-state index in [0.29, 0.717) is 11.9 Å². The third-order valence-corrected chi connectivity index (χ3v) is 5.43. The van der Waals surface area contributed by atoms with Gasteiger partial charge in [-0.05, 0) is 31.7 Å². The molecule has 1 amide bonds. The SMILES string of the molecule is CN=C(NCCCn1cccn1)NC1CCN(C(=O)C2CCCCC2)C1. The van der Waals surface area contributed by atoms with E-state index in [-0.39, 0.29) is 5.92 Å². The first-order chi connectivity index (χ1) is 12.8. The van der Waals surface area contributed by atoms with E-state index < -0.39 is 0 Å². The Morgan fingerprint density at radius 2 is 2.12 bits per heavy atom. The smallest absolute Gasteiger partial charge is 0.225 e. The summed E-state index contributed by atoms with van der Waals surface area (Å²) in [6, 6.07) is 2.23. The maximum atomic E-state index is 12.7. The molecule has 0 spiro atoms. The number of carbonyl (C=O) groups excluding carboxylic acids is 1. The van der Waals surface area contributed by atoms with Gasteiger partial charge in [0.2, 0.25) is 5.91 Å². The molecule has 7 heteroatoms. The minimum Gasteiger partial charge on any atom is -0.356 e. The number of amides is 1. The summed E-state index contributed by atoms with van der Waals surface area (Å²) in [5, 5.41) is 11.0. The van der Waals surface area contributed by atoms with E-state index in [2.05, 4.69) is 25.6 Å². The number of guanidine groups is 1. The number of nitrogens with one attached hydrogen (secondary N) is 2. The molecule has 3 rings (SSSR count). The molecule has 144 valence electrons. The van der Waals surface area contributed by atoms with Gasteiger partial charge in [-0.3, -0.25) is 14.5 Å². The van der Waals surface area contributed by atoms with Crippen LogP contribution >= 0.6 is 0 Å². The number of aliphatic imine (C=N–C) groups is 1. The summed E-state index contributed by atoms with van der Waals surface area (Å²) in [5.41, 5.74) is 0. The Bertz CT molecular complexity index is 579. The molecule has 0 bridgehead atoms. The van der Waals surface area contributed by atoms with Crippen molar-refractivity contribution >= 4 is 11.9 Å². The van der Waals surface area contributed by atoms with Crippen LogP contribution in [0.4, 0.5) is 0 Å². The Labute approximate surface area is 156 Å². The lowest BCUT2D eigenvalue weighted by atomic mass is 9.88. The number of nitrogens with zero attached hydrogens (tertiary/aromatic N) is 4. The van der Waals surface area contributed by atoms with Crippen molar-refractivity contribution in [2.45, 2.75) is 57.5 Å². The summed E-state index contributed by atoms with van der Waals surface area (Å²) in [7, 11) is 1.79. The fourth-order valence-corrected chi connectivity index (χ4v) is 3.95. The Morgan fingerprint density at radius 3 is 2.85 bits per heavy atom. The van der Waals surface area contributed by atoms with Gasteiger partial charge in [-0.15, -0.1) is 0 Å². The minimum absolute atomic E-state index is 0.266. The molecule has 2 heterocycles. The van der Waals surface area contributed by atoms with Gasteiger partial charge in [0.05, 0.1) is 0 Å². The lowest BCUT2D eigenvalue weighted by molar-refractivity contribution is -0.135. The Balaban J connectivity index is 1.36. The van der Waals surface area contributed by atoms with E-state index in [4.69, 9.17) is 0 Å². The number of hydrogen-bond acceptors (Lipinski definition) is 3. The van der Waals surface area contributed by atoms with E-state index in [9.17, 15) is 4.79 Å². The van der Waals surface area contributed by atoms with Crippen molar-refractivity contribution < 1.29 is 4.79 Å². The summed E-state index contributed by atoms with van der Waals surface area (Å²) in [6.07, 6.45) is 11.6. The molecule has 1 atom stereocenters. The molecule has 2 fully saturated rings. The lowest BCUT2D eigenvalue weighted by Gasteiger charge is -2.26. The van der Waals surface area contributed by atoms with Gasteiger partial charge in [-0.1, -0.05) is 19.3 Å². The van der Waals surface area contributed by atoms with E-state index in [1.165, 1.54) is 19.3 Å². The van der Waals surface area contributed by atoms with Crippen LogP contribution in [0.3, 0.4) is 0 Å². The second kappa shape index (κ2) is 9.59. The van der Waals surface area contributed by atoms with Crippen LogP contribution in [0.1, 0.15) is 44.9 Å². The van der Waals surface area contributed by atoms with Gasteiger partial charge < -0.3 is 15.5 Å². The fraction of sp³-hybridized carbons (Fsp3) is 0.737. The monoisotopic (exact) mass is 360 g/mol. The van der Waals surface area contributed by atoms with E-state index >= 15 is 0 Å². The van der Waals surface area contributed by atoms with Crippen molar-refractivity contribution in [3.8, 4) is 0 Å². The number of rotatable bonds is 6. The van der Waals surface area contributed by atoms with Crippen molar-refractivity contribution in [1.82, 2.24) is 25.3 Å². The molecule has 1 aromatic rings. The number of aromatic nitrogens is 2. The molecule has 2 aliphatic rings. The van der Waals surface area contributed by atoms with Crippen molar-refractivity contribution in [3.63, 3.8) is 0 Å². The first kappa shape index (κ1) is 18.7. The fourth-order valence-electron chi connectivity index (χ4n) is 3.95. The average Bonchev–Trinajstić information content (AvgIpc) is 3.36. The van der Waals surface area contributed by atoms with Crippen LogP contribution in [0, 0.1) is 5.92 Å². The molecule has 0 radical (unpaired) electrons. The highest BCUT2D eigenvalue weighted by atomic mass is 16.2. The Morgan fingerprint density at radius 1 is 1.27 bits per heavy atom. The lowest BCUT2D eigenvalue weighted by Crippen LogP contribution is -2.45. The maximum Gasteiger partial charge on any atom is 0.225 e. The predicted molar refractivity (Wildman–Crippen MR) is 103 cm³/mol. The first-order valence-corrected chi connectivity index (χ1v) is 9.99. The van der Waals surface area contributed by atoms with Gasteiger partial charge >= 0.3 is 0 Å². The van der Waals surface area contributed by atoms with Gasteiger partial charge in [0.15, 0.2) is 5.96 Å². The first-order valence-electron chi connectivity index (χ1n) is 9.99. The van der Waals surface area contributed by atoms with Crippen LogP contribution in [-0.2, 0) is 11.3 Å². The third kappa shape index (κ3) is 5.22. The van der Waals surface area contributed by atoms with Crippen LogP contribution in [0.5, 0.6) is 0 Å². The summed E-state index contributed by atoms with van der Waals surface area (Å²) < 4.78 is 1.93. The molecule has 1 aromatic heterocycles. The summed E-state index contributed by atoms with van der Waals surface area (Å²) >= 11 is 0. The molecular formula is C19H32N6O. The predicted octanol–water partition coefficient (Wildman–Crippen LogP) is 1.62. The molecular weight excluding hydrogens is 328 g/mol. The number of carbonyl (C=O) groups is 1. The van der Waals surface area contributed by atoms with Gasteiger partial charge in [-0.2, -0.15) is 5.10 Å². The molecule has 2 N–H and O–H groups in total. The summed E-state index contributed by atoms with van der Waals surface area (Å²) in [5.74, 6) is 1.46. The minimum atomic E-state index is 0.266. The van der Waals surface area contributed by atoms with Crippen LogP contribution < -0.4 is 10.6 Å². The van der Waals surface area contributed by atoms with E-state index in [1.807, 2.05) is 16.9 Å². The number of hydrogen-bond donors (Lipinski definition) is 2. The van der Waals surface area contributed by atoms with E-state index in [1.54, 1.807) is 13.2 Å².